The van der Waals surface area contributed by atoms with Crippen molar-refractivity contribution in [2.75, 3.05) is 19.7 Å². The van der Waals surface area contributed by atoms with Crippen LogP contribution in [0.25, 0.3) is 10.6 Å². The Balaban J connectivity index is 2.14. The lowest BCUT2D eigenvalue weighted by molar-refractivity contribution is -0.129. The van der Waals surface area contributed by atoms with E-state index < -0.39 is 0 Å². The van der Waals surface area contributed by atoms with Gasteiger partial charge in [0.1, 0.15) is 10.8 Å². The average Bonchev–Trinajstić information content (AvgIpc) is 3.03. The summed E-state index contributed by atoms with van der Waals surface area (Å²) in [7, 11) is 0. The largest absolute Gasteiger partial charge is 0.493 e. The molecule has 0 saturated heterocycles. The molecule has 0 N–H and O–H groups in total. The van der Waals surface area contributed by atoms with E-state index in [4.69, 9.17) is 4.74 Å². The number of amides is 1. The molecule has 0 radical (unpaired) electrons. The van der Waals surface area contributed by atoms with Crippen LogP contribution in [0.4, 0.5) is 0 Å². The van der Waals surface area contributed by atoms with Crippen LogP contribution in [0.3, 0.4) is 0 Å². The Kier molecular flexibility index (Phi) is 6.75. The van der Waals surface area contributed by atoms with Crippen LogP contribution >= 0.6 is 11.3 Å². The second-order valence-corrected chi connectivity index (χ2v) is 5.98. The summed E-state index contributed by atoms with van der Waals surface area (Å²) in [5, 5.41) is 2.79. The SMILES string of the molecule is C=CCN(CC=C)C(=O)Cc1csc(-c2ccccc2OCC)n1. The average molecular weight is 342 g/mol. The van der Waals surface area contributed by atoms with E-state index in [1.54, 1.807) is 17.1 Å². The Morgan fingerprint density at radius 2 is 2.00 bits per heavy atom. The molecule has 5 heteroatoms. The van der Waals surface area contributed by atoms with Crippen molar-refractivity contribution in [3.63, 3.8) is 0 Å². The van der Waals surface area contributed by atoms with Gasteiger partial charge in [-0.15, -0.1) is 24.5 Å². The van der Waals surface area contributed by atoms with Gasteiger partial charge >= 0.3 is 0 Å². The molecule has 1 heterocycles. The van der Waals surface area contributed by atoms with Crippen LogP contribution in [0.5, 0.6) is 5.75 Å². The number of hydrogen-bond acceptors (Lipinski definition) is 4. The molecular weight excluding hydrogens is 320 g/mol. The van der Waals surface area contributed by atoms with Crippen LogP contribution in [0.2, 0.25) is 0 Å². The molecule has 2 aromatic rings. The second-order valence-electron chi connectivity index (χ2n) is 5.13. The summed E-state index contributed by atoms with van der Waals surface area (Å²) < 4.78 is 5.65. The zero-order chi connectivity index (χ0) is 17.4. The summed E-state index contributed by atoms with van der Waals surface area (Å²) in [5.74, 6) is 0.830. The minimum atomic E-state index is 0.0183. The van der Waals surface area contributed by atoms with Crippen molar-refractivity contribution in [2.24, 2.45) is 0 Å². The summed E-state index contributed by atoms with van der Waals surface area (Å²) in [4.78, 5) is 18.7. The van der Waals surface area contributed by atoms with E-state index in [2.05, 4.69) is 18.1 Å². The lowest BCUT2D eigenvalue weighted by atomic mass is 10.2. The summed E-state index contributed by atoms with van der Waals surface area (Å²) >= 11 is 1.52. The van der Waals surface area contributed by atoms with Gasteiger partial charge in [0.25, 0.3) is 0 Å². The van der Waals surface area contributed by atoms with Crippen LogP contribution in [0, 0.1) is 0 Å². The standard InChI is InChI=1S/C19H22N2O2S/c1-4-11-21(12-5-2)18(22)13-15-14-24-19(20-15)16-9-7-8-10-17(16)23-6-3/h4-5,7-10,14H,1-2,6,11-13H2,3H3. The molecule has 0 aliphatic rings. The number of carbonyl (C=O) groups excluding carboxylic acids is 1. The van der Waals surface area contributed by atoms with Crippen molar-refractivity contribution in [1.82, 2.24) is 9.88 Å². The monoisotopic (exact) mass is 342 g/mol. The number of para-hydroxylation sites is 1. The van der Waals surface area contributed by atoms with Crippen molar-refractivity contribution in [1.29, 1.82) is 0 Å². The normalized spacial score (nSPS) is 10.2. The molecule has 0 spiro atoms. The predicted molar refractivity (Wildman–Crippen MR) is 99.4 cm³/mol. The minimum absolute atomic E-state index is 0.0183. The van der Waals surface area contributed by atoms with Gasteiger partial charge < -0.3 is 9.64 Å². The van der Waals surface area contributed by atoms with Gasteiger partial charge in [-0.25, -0.2) is 4.98 Å². The molecule has 1 aromatic carbocycles. The third-order valence-electron chi connectivity index (χ3n) is 3.35. The molecule has 126 valence electrons. The van der Waals surface area contributed by atoms with Crippen molar-refractivity contribution in [3.05, 3.63) is 60.6 Å². The highest BCUT2D eigenvalue weighted by Gasteiger charge is 2.15. The predicted octanol–water partition coefficient (Wildman–Crippen LogP) is 3.95. The Labute approximate surface area is 147 Å². The number of rotatable bonds is 9. The molecule has 0 aliphatic carbocycles. The maximum absolute atomic E-state index is 12.4. The van der Waals surface area contributed by atoms with E-state index in [1.165, 1.54) is 11.3 Å². The third kappa shape index (κ3) is 4.55. The van der Waals surface area contributed by atoms with E-state index >= 15 is 0 Å². The number of ether oxygens (including phenoxy) is 1. The van der Waals surface area contributed by atoms with Gasteiger partial charge in [0.05, 0.1) is 24.3 Å². The van der Waals surface area contributed by atoms with Crippen LogP contribution < -0.4 is 4.74 Å². The highest BCUT2D eigenvalue weighted by molar-refractivity contribution is 7.13. The topological polar surface area (TPSA) is 42.4 Å². The Hall–Kier alpha value is -2.40. The maximum atomic E-state index is 12.4. The molecule has 0 fully saturated rings. The maximum Gasteiger partial charge on any atom is 0.229 e. The number of benzene rings is 1. The molecule has 0 aliphatic heterocycles. The number of aromatic nitrogens is 1. The smallest absolute Gasteiger partial charge is 0.229 e. The number of hydrogen-bond donors (Lipinski definition) is 0. The summed E-state index contributed by atoms with van der Waals surface area (Å²) in [5.41, 5.74) is 1.72. The molecule has 0 unspecified atom stereocenters. The quantitative estimate of drug-likeness (QED) is 0.648. The van der Waals surface area contributed by atoms with Gasteiger partial charge in [0.15, 0.2) is 0 Å². The lowest BCUT2D eigenvalue weighted by Gasteiger charge is -2.18. The van der Waals surface area contributed by atoms with Gasteiger partial charge in [0.2, 0.25) is 5.91 Å². The zero-order valence-electron chi connectivity index (χ0n) is 13.9. The fraction of sp³-hybridized carbons (Fsp3) is 0.263. The molecule has 1 amide bonds. The van der Waals surface area contributed by atoms with E-state index in [0.29, 0.717) is 19.7 Å². The molecular formula is C19H22N2O2S. The highest BCUT2D eigenvalue weighted by atomic mass is 32.1. The highest BCUT2D eigenvalue weighted by Crippen LogP contribution is 2.32. The Bertz CT molecular complexity index is 699. The number of carbonyl (C=O) groups is 1. The zero-order valence-corrected chi connectivity index (χ0v) is 14.7. The summed E-state index contributed by atoms with van der Waals surface area (Å²) in [6.07, 6.45) is 3.70. The molecule has 0 atom stereocenters. The van der Waals surface area contributed by atoms with E-state index in [0.717, 1.165) is 22.0 Å². The van der Waals surface area contributed by atoms with Crippen LogP contribution in [0.1, 0.15) is 12.6 Å². The van der Waals surface area contributed by atoms with Crippen LogP contribution in [-0.4, -0.2) is 35.5 Å². The first-order valence-electron chi connectivity index (χ1n) is 7.85. The first kappa shape index (κ1) is 17.9. The minimum Gasteiger partial charge on any atom is -0.493 e. The number of nitrogens with zero attached hydrogens (tertiary/aromatic N) is 2. The van der Waals surface area contributed by atoms with E-state index in [-0.39, 0.29) is 12.3 Å². The van der Waals surface area contributed by atoms with Crippen molar-refractivity contribution < 1.29 is 9.53 Å². The fourth-order valence-corrected chi connectivity index (χ4v) is 3.14. The molecule has 2 rings (SSSR count). The molecule has 0 saturated carbocycles. The van der Waals surface area contributed by atoms with Gasteiger partial charge in [-0.2, -0.15) is 0 Å². The van der Waals surface area contributed by atoms with Gasteiger partial charge in [0, 0.05) is 18.5 Å². The van der Waals surface area contributed by atoms with Gasteiger partial charge in [-0.1, -0.05) is 24.3 Å². The lowest BCUT2D eigenvalue weighted by Crippen LogP contribution is -2.32. The van der Waals surface area contributed by atoms with Crippen LogP contribution in [0.15, 0.2) is 55.0 Å². The fourth-order valence-electron chi connectivity index (χ4n) is 2.29. The Morgan fingerprint density at radius 3 is 2.67 bits per heavy atom. The van der Waals surface area contributed by atoms with E-state index in [9.17, 15) is 4.79 Å². The second kappa shape index (κ2) is 9.03. The van der Waals surface area contributed by atoms with Crippen molar-refractivity contribution in [3.8, 4) is 16.3 Å². The molecule has 4 nitrogen and oxygen atoms in total. The first-order chi connectivity index (χ1) is 11.7. The summed E-state index contributed by atoms with van der Waals surface area (Å²) in [6, 6.07) is 7.81. The third-order valence-corrected chi connectivity index (χ3v) is 4.28. The van der Waals surface area contributed by atoms with Crippen LogP contribution in [-0.2, 0) is 11.2 Å². The van der Waals surface area contributed by atoms with E-state index in [1.807, 2.05) is 36.6 Å². The number of thiazole rings is 1. The van der Waals surface area contributed by atoms with Gasteiger partial charge in [-0.05, 0) is 19.1 Å². The molecule has 24 heavy (non-hydrogen) atoms. The first-order valence-corrected chi connectivity index (χ1v) is 8.73. The molecule has 1 aromatic heterocycles. The van der Waals surface area contributed by atoms with Crippen molar-refractivity contribution in [2.45, 2.75) is 13.3 Å². The molecule has 0 bridgehead atoms. The Morgan fingerprint density at radius 1 is 1.29 bits per heavy atom. The van der Waals surface area contributed by atoms with Crippen molar-refractivity contribution >= 4 is 17.2 Å². The van der Waals surface area contributed by atoms with Gasteiger partial charge in [-0.3, -0.25) is 4.79 Å². The summed E-state index contributed by atoms with van der Waals surface area (Å²) in [6.45, 7) is 11.0.